The Morgan fingerprint density at radius 3 is 1.95 bits per heavy atom. The molecule has 9 nitrogen and oxygen atoms in total. The molecule has 1 aliphatic rings. The molecule has 1 aromatic heterocycles. The van der Waals surface area contributed by atoms with E-state index in [0.29, 0.717) is 11.7 Å². The zero-order chi connectivity index (χ0) is 29.9. The minimum absolute atomic E-state index is 0.0495. The van der Waals surface area contributed by atoms with Crippen molar-refractivity contribution in [3.8, 4) is 5.75 Å². The highest BCUT2D eigenvalue weighted by Crippen LogP contribution is 2.55. The number of rotatable bonds is 7. The molecule has 216 valence electrons. The van der Waals surface area contributed by atoms with Crippen molar-refractivity contribution in [2.75, 3.05) is 7.11 Å². The molecule has 0 aliphatic carbocycles. The standard InChI is InChI=1S/C19H18F9NO8S/c1-15(2,3)36-13(31)9-6-5-8-12(14(32)35-4)10(7-11(30)29(8)9)37-38(33,34)19(27,28)17(22,23)16(20,21)18(24,25)26/h7,9H,5-6H2,1-4H3. The van der Waals surface area contributed by atoms with Crippen LogP contribution in [0.25, 0.3) is 0 Å². The SMILES string of the molecule is COC(=O)c1c(OS(=O)(=O)C(F)(F)C(F)(F)C(F)(F)C(F)(F)F)cc(=O)n2c1CCC2C(=O)OC(C)(C)C. The van der Waals surface area contributed by atoms with Crippen molar-refractivity contribution in [3.63, 3.8) is 0 Å². The van der Waals surface area contributed by atoms with Gasteiger partial charge in [-0.25, -0.2) is 9.59 Å². The lowest BCUT2D eigenvalue weighted by atomic mass is 10.1. The van der Waals surface area contributed by atoms with Crippen LogP contribution in [0.15, 0.2) is 10.9 Å². The number of methoxy groups -OCH3 is 1. The highest BCUT2D eigenvalue weighted by Gasteiger charge is 2.86. The Balaban J connectivity index is 2.68. The number of pyridine rings is 1. The van der Waals surface area contributed by atoms with Gasteiger partial charge in [-0.05, 0) is 33.6 Å². The quantitative estimate of drug-likeness (QED) is 0.268. The summed E-state index contributed by atoms with van der Waals surface area (Å²) in [6.07, 6.45) is -8.05. The first-order valence-electron chi connectivity index (χ1n) is 10.1. The van der Waals surface area contributed by atoms with Crippen LogP contribution in [0.4, 0.5) is 39.5 Å². The number of hydrogen-bond acceptors (Lipinski definition) is 8. The summed E-state index contributed by atoms with van der Waals surface area (Å²) < 4.78 is 157. The largest absolute Gasteiger partial charge is 0.465 e. The third-order valence-electron chi connectivity index (χ3n) is 4.98. The lowest BCUT2D eigenvalue weighted by molar-refractivity contribution is -0.382. The topological polar surface area (TPSA) is 118 Å². The molecule has 38 heavy (non-hydrogen) atoms. The number of carbonyl (C=O) groups excluding carboxylic acids is 2. The minimum atomic E-state index is -7.61. The highest BCUT2D eigenvalue weighted by atomic mass is 32.2. The molecule has 1 atom stereocenters. The molecular weight excluding hydrogens is 573 g/mol. The van der Waals surface area contributed by atoms with E-state index in [4.69, 9.17) is 4.74 Å². The average molecular weight is 591 g/mol. The van der Waals surface area contributed by atoms with Crippen molar-refractivity contribution in [3.05, 3.63) is 27.7 Å². The number of halogens is 9. The van der Waals surface area contributed by atoms with Gasteiger partial charge in [0.15, 0.2) is 5.75 Å². The molecule has 0 amide bonds. The van der Waals surface area contributed by atoms with Crippen molar-refractivity contribution in [2.24, 2.45) is 0 Å². The van der Waals surface area contributed by atoms with Crippen LogP contribution >= 0.6 is 0 Å². The maximum absolute atomic E-state index is 14.1. The van der Waals surface area contributed by atoms with Crippen LogP contribution < -0.4 is 9.74 Å². The van der Waals surface area contributed by atoms with Gasteiger partial charge >= 0.3 is 45.3 Å². The Bertz CT molecular complexity index is 1300. The third-order valence-corrected chi connectivity index (χ3v) is 6.27. The number of fused-ring (bicyclic) bond motifs is 1. The second-order valence-corrected chi connectivity index (χ2v) is 10.4. The molecule has 1 aromatic rings. The van der Waals surface area contributed by atoms with Crippen LogP contribution in [-0.2, 0) is 30.8 Å². The van der Waals surface area contributed by atoms with E-state index in [0.717, 1.165) is 0 Å². The number of carbonyl (C=O) groups is 2. The summed E-state index contributed by atoms with van der Waals surface area (Å²) in [6.45, 7) is 4.39. The van der Waals surface area contributed by atoms with Gasteiger partial charge in [-0.3, -0.25) is 9.36 Å². The van der Waals surface area contributed by atoms with Crippen molar-refractivity contribution in [1.29, 1.82) is 0 Å². The fourth-order valence-electron chi connectivity index (χ4n) is 3.31. The molecule has 0 fully saturated rings. The van der Waals surface area contributed by atoms with Crippen molar-refractivity contribution in [2.45, 2.75) is 68.5 Å². The molecule has 0 spiro atoms. The summed E-state index contributed by atoms with van der Waals surface area (Å²) in [4.78, 5) is 37.4. The molecule has 19 heteroatoms. The van der Waals surface area contributed by atoms with Crippen molar-refractivity contribution < 1.29 is 71.2 Å². The molecule has 1 aliphatic heterocycles. The van der Waals surface area contributed by atoms with Gasteiger partial charge in [-0.15, -0.1) is 0 Å². The van der Waals surface area contributed by atoms with Crippen molar-refractivity contribution in [1.82, 2.24) is 4.57 Å². The summed E-state index contributed by atoms with van der Waals surface area (Å²) in [5.41, 5.74) is -4.26. The van der Waals surface area contributed by atoms with E-state index >= 15 is 0 Å². The number of hydrogen-bond donors (Lipinski definition) is 0. The Morgan fingerprint density at radius 2 is 1.50 bits per heavy atom. The molecule has 0 bridgehead atoms. The molecule has 2 heterocycles. The third kappa shape index (κ3) is 5.03. The first kappa shape index (κ1) is 31.2. The number of nitrogens with zero attached hydrogens (tertiary/aromatic N) is 1. The average Bonchev–Trinajstić information content (AvgIpc) is 3.16. The summed E-state index contributed by atoms with van der Waals surface area (Å²) in [6, 6.07) is -1.49. The second-order valence-electron chi connectivity index (χ2n) is 8.82. The molecule has 0 saturated heterocycles. The number of esters is 2. The maximum atomic E-state index is 14.1. The Morgan fingerprint density at radius 1 is 0.974 bits per heavy atom. The molecule has 2 rings (SSSR count). The number of alkyl halides is 9. The smallest absolute Gasteiger partial charge is 0.460 e. The van der Waals surface area contributed by atoms with E-state index in [1.807, 2.05) is 0 Å². The van der Waals surface area contributed by atoms with E-state index in [-0.39, 0.29) is 12.5 Å². The van der Waals surface area contributed by atoms with Crippen molar-refractivity contribution >= 4 is 22.1 Å². The Labute approximate surface area is 207 Å². The predicted molar refractivity (Wildman–Crippen MR) is 106 cm³/mol. The molecule has 0 saturated carbocycles. The van der Waals surface area contributed by atoms with Gasteiger partial charge in [-0.2, -0.15) is 47.9 Å². The minimum Gasteiger partial charge on any atom is -0.465 e. The zero-order valence-electron chi connectivity index (χ0n) is 19.6. The van der Waals surface area contributed by atoms with Gasteiger partial charge < -0.3 is 13.7 Å². The monoisotopic (exact) mass is 591 g/mol. The van der Waals surface area contributed by atoms with Crippen LogP contribution in [0.3, 0.4) is 0 Å². The highest BCUT2D eigenvalue weighted by molar-refractivity contribution is 7.88. The van der Waals surface area contributed by atoms with E-state index in [2.05, 4.69) is 8.92 Å². The van der Waals surface area contributed by atoms with E-state index < -0.39 is 86.0 Å². The first-order valence-corrected chi connectivity index (χ1v) is 11.5. The number of aromatic nitrogens is 1. The van der Waals surface area contributed by atoms with Gasteiger partial charge in [0.1, 0.15) is 17.2 Å². The maximum Gasteiger partial charge on any atom is 0.460 e. The van der Waals surface area contributed by atoms with Crippen LogP contribution in [-0.4, -0.2) is 60.9 Å². The van der Waals surface area contributed by atoms with Crippen LogP contribution in [0.5, 0.6) is 5.75 Å². The van der Waals surface area contributed by atoms with Crippen LogP contribution in [0, 0.1) is 0 Å². The lowest BCUT2D eigenvalue weighted by Crippen LogP contribution is -2.63. The molecule has 0 radical (unpaired) electrons. The predicted octanol–water partition coefficient (Wildman–Crippen LogP) is 3.60. The fourth-order valence-corrected chi connectivity index (χ4v) is 4.22. The normalized spacial score (nSPS) is 17.1. The molecular formula is C19H18F9NO8S. The van der Waals surface area contributed by atoms with Gasteiger partial charge in [0.05, 0.1) is 7.11 Å². The molecule has 0 aromatic carbocycles. The van der Waals surface area contributed by atoms with Gasteiger partial charge in [0.25, 0.3) is 5.56 Å². The van der Waals surface area contributed by atoms with E-state index in [9.17, 15) is 62.3 Å². The Hall–Kier alpha value is -2.99. The second kappa shape index (κ2) is 9.33. The summed E-state index contributed by atoms with van der Waals surface area (Å²) in [7, 11) is -6.81. The summed E-state index contributed by atoms with van der Waals surface area (Å²) in [5.74, 6) is -19.6. The number of ether oxygens (including phenoxy) is 2. The lowest BCUT2D eigenvalue weighted by Gasteiger charge is -2.32. The van der Waals surface area contributed by atoms with Gasteiger partial charge in [-0.1, -0.05) is 0 Å². The van der Waals surface area contributed by atoms with Crippen LogP contribution in [0.1, 0.15) is 49.3 Å². The summed E-state index contributed by atoms with van der Waals surface area (Å²) in [5, 5.41) is -7.25. The molecule has 0 N–H and O–H groups in total. The van der Waals surface area contributed by atoms with Crippen LogP contribution in [0.2, 0.25) is 0 Å². The fraction of sp³-hybridized carbons (Fsp3) is 0.632. The zero-order valence-corrected chi connectivity index (χ0v) is 20.4. The molecule has 1 unspecified atom stereocenters. The first-order chi connectivity index (χ1) is 16.8. The van der Waals surface area contributed by atoms with Gasteiger partial charge in [0.2, 0.25) is 0 Å². The summed E-state index contributed by atoms with van der Waals surface area (Å²) >= 11 is 0. The van der Waals surface area contributed by atoms with E-state index in [1.54, 1.807) is 0 Å². The Kier molecular flexibility index (Phi) is 7.67. The van der Waals surface area contributed by atoms with Gasteiger partial charge in [0, 0.05) is 11.8 Å². The van der Waals surface area contributed by atoms with E-state index in [1.165, 1.54) is 20.8 Å².